The van der Waals surface area contributed by atoms with Gasteiger partial charge < -0.3 is 14.2 Å². The summed E-state index contributed by atoms with van der Waals surface area (Å²) in [5.74, 6) is 2.69. The van der Waals surface area contributed by atoms with Gasteiger partial charge in [-0.15, -0.1) is 0 Å². The second-order valence-electron chi connectivity index (χ2n) is 7.09. The van der Waals surface area contributed by atoms with Crippen molar-refractivity contribution in [3.8, 4) is 17.2 Å². The van der Waals surface area contributed by atoms with Crippen molar-refractivity contribution in [1.29, 1.82) is 0 Å². The van der Waals surface area contributed by atoms with Crippen molar-refractivity contribution in [3.63, 3.8) is 0 Å². The molecule has 1 atom stereocenters. The van der Waals surface area contributed by atoms with E-state index in [9.17, 15) is 0 Å². The summed E-state index contributed by atoms with van der Waals surface area (Å²) in [6.45, 7) is 12.2. The summed E-state index contributed by atoms with van der Waals surface area (Å²) in [5, 5.41) is 2.18. The molecule has 2 aromatic carbocycles. The Bertz CT molecular complexity index is 733. The molecule has 3 heteroatoms. The van der Waals surface area contributed by atoms with Gasteiger partial charge in [0.05, 0.1) is 13.2 Å². The summed E-state index contributed by atoms with van der Waals surface area (Å²) in [7, 11) is 0. The van der Waals surface area contributed by atoms with Crippen molar-refractivity contribution in [2.24, 2.45) is 0 Å². The number of rotatable bonds is 6. The van der Waals surface area contributed by atoms with Gasteiger partial charge in [-0.1, -0.05) is 52.0 Å². The minimum atomic E-state index is -0.118. The summed E-state index contributed by atoms with van der Waals surface area (Å²) in [4.78, 5) is 0. The van der Waals surface area contributed by atoms with Crippen LogP contribution in [0.2, 0.25) is 0 Å². The zero-order chi connectivity index (χ0) is 17.3. The van der Waals surface area contributed by atoms with Gasteiger partial charge >= 0.3 is 0 Å². The van der Waals surface area contributed by atoms with Gasteiger partial charge in [-0.25, -0.2) is 0 Å². The zero-order valence-corrected chi connectivity index (χ0v) is 15.4. The molecule has 24 heavy (non-hydrogen) atoms. The number of hydrogen-bond donors (Lipinski definition) is 0. The molecule has 3 nitrogen and oxygen atoms in total. The summed E-state index contributed by atoms with van der Waals surface area (Å²) >= 11 is 0. The Morgan fingerprint density at radius 3 is 2.17 bits per heavy atom. The van der Waals surface area contributed by atoms with Crippen LogP contribution in [0.1, 0.15) is 53.0 Å². The first-order valence-corrected chi connectivity index (χ1v) is 9.03. The molecule has 2 aromatic rings. The van der Waals surface area contributed by atoms with Gasteiger partial charge in [-0.2, -0.15) is 0 Å². The molecule has 1 aliphatic heterocycles. The van der Waals surface area contributed by atoms with Crippen molar-refractivity contribution in [1.82, 2.24) is 0 Å². The summed E-state index contributed by atoms with van der Waals surface area (Å²) in [6.07, 6.45) is 2.03. The fourth-order valence-electron chi connectivity index (χ4n) is 3.28. The van der Waals surface area contributed by atoms with E-state index in [2.05, 4.69) is 52.8 Å². The van der Waals surface area contributed by atoms with Crippen molar-refractivity contribution in [3.05, 3.63) is 29.8 Å². The first-order chi connectivity index (χ1) is 11.5. The zero-order valence-electron chi connectivity index (χ0n) is 15.4. The Hall–Kier alpha value is -1.90. The largest absolute Gasteiger partial charge is 0.489 e. The van der Waals surface area contributed by atoms with Crippen LogP contribution in [0, 0.1) is 0 Å². The maximum Gasteiger partial charge on any atom is 0.169 e. The van der Waals surface area contributed by atoms with Crippen molar-refractivity contribution in [2.75, 3.05) is 13.2 Å². The first kappa shape index (κ1) is 16.9. The van der Waals surface area contributed by atoms with E-state index in [1.54, 1.807) is 0 Å². The minimum Gasteiger partial charge on any atom is -0.489 e. The lowest BCUT2D eigenvalue weighted by Crippen LogP contribution is -2.29. The summed E-state index contributed by atoms with van der Waals surface area (Å²) < 4.78 is 18.7. The highest BCUT2D eigenvalue weighted by atomic mass is 16.5. The quantitative estimate of drug-likeness (QED) is 0.703. The molecule has 0 aromatic heterocycles. The van der Waals surface area contributed by atoms with Crippen LogP contribution in [0.15, 0.2) is 24.3 Å². The van der Waals surface area contributed by atoms with E-state index >= 15 is 0 Å². The highest BCUT2D eigenvalue weighted by Crippen LogP contribution is 2.55. The highest BCUT2D eigenvalue weighted by Gasteiger charge is 2.44. The third kappa shape index (κ3) is 2.60. The highest BCUT2D eigenvalue weighted by molar-refractivity contribution is 5.98. The fraction of sp³-hybridized carbons (Fsp3) is 0.524. The standard InChI is InChI=1S/C21H28O3/c1-6-12-22-19-16-11-9-8-10-15(16)18-17(20(19)23-13-7-2)21(4,5)14(3)24-18/h8-11,14H,6-7,12-13H2,1-5H3. The van der Waals surface area contributed by atoms with Crippen LogP contribution < -0.4 is 14.2 Å². The van der Waals surface area contributed by atoms with Crippen molar-refractivity contribution < 1.29 is 14.2 Å². The van der Waals surface area contributed by atoms with E-state index in [1.807, 2.05) is 6.07 Å². The smallest absolute Gasteiger partial charge is 0.169 e. The van der Waals surface area contributed by atoms with E-state index in [-0.39, 0.29) is 11.5 Å². The lowest BCUT2D eigenvalue weighted by Gasteiger charge is -2.25. The van der Waals surface area contributed by atoms with Gasteiger partial charge in [-0.05, 0) is 19.8 Å². The molecule has 0 N–H and O–H groups in total. The van der Waals surface area contributed by atoms with Crippen LogP contribution in [0.25, 0.3) is 10.8 Å². The van der Waals surface area contributed by atoms with Crippen molar-refractivity contribution >= 4 is 10.8 Å². The number of fused-ring (bicyclic) bond motifs is 3. The van der Waals surface area contributed by atoms with E-state index in [0.717, 1.165) is 46.4 Å². The molecular weight excluding hydrogens is 300 g/mol. The predicted octanol–water partition coefficient (Wildman–Crippen LogP) is 5.48. The molecule has 0 amide bonds. The summed E-state index contributed by atoms with van der Waals surface area (Å²) in [5.41, 5.74) is 1.03. The Morgan fingerprint density at radius 2 is 1.54 bits per heavy atom. The molecule has 0 fully saturated rings. The maximum atomic E-state index is 6.28. The Labute approximate surface area is 144 Å². The lowest BCUT2D eigenvalue weighted by atomic mass is 9.80. The van der Waals surface area contributed by atoms with E-state index < -0.39 is 0 Å². The molecule has 1 unspecified atom stereocenters. The minimum absolute atomic E-state index is 0.0984. The predicted molar refractivity (Wildman–Crippen MR) is 98.6 cm³/mol. The van der Waals surface area contributed by atoms with E-state index in [0.29, 0.717) is 13.2 Å². The topological polar surface area (TPSA) is 27.7 Å². The maximum absolute atomic E-state index is 6.28. The molecule has 0 saturated heterocycles. The average Bonchev–Trinajstić information content (AvgIpc) is 2.81. The van der Waals surface area contributed by atoms with Crippen LogP contribution in [0.4, 0.5) is 0 Å². The lowest BCUT2D eigenvalue weighted by molar-refractivity contribution is 0.185. The molecular formula is C21H28O3. The normalized spacial score (nSPS) is 18.3. The van der Waals surface area contributed by atoms with Gasteiger partial charge in [0.2, 0.25) is 0 Å². The molecule has 1 aliphatic rings. The van der Waals surface area contributed by atoms with Gasteiger partial charge in [0, 0.05) is 21.8 Å². The number of hydrogen-bond acceptors (Lipinski definition) is 3. The molecule has 0 spiro atoms. The van der Waals surface area contributed by atoms with Gasteiger partial charge in [0.15, 0.2) is 11.5 Å². The molecule has 0 saturated carbocycles. The first-order valence-electron chi connectivity index (χ1n) is 9.03. The van der Waals surface area contributed by atoms with Crippen molar-refractivity contribution in [2.45, 2.75) is 59.0 Å². The molecule has 0 radical (unpaired) electrons. The molecule has 0 aliphatic carbocycles. The van der Waals surface area contributed by atoms with Crippen LogP contribution in [0.3, 0.4) is 0 Å². The molecule has 1 heterocycles. The van der Waals surface area contributed by atoms with Crippen LogP contribution in [-0.2, 0) is 5.41 Å². The second-order valence-corrected chi connectivity index (χ2v) is 7.09. The summed E-state index contributed by atoms with van der Waals surface area (Å²) in [6, 6.07) is 8.31. The Morgan fingerprint density at radius 1 is 0.958 bits per heavy atom. The second kappa shape index (κ2) is 6.54. The Balaban J connectivity index is 2.31. The van der Waals surface area contributed by atoms with Crippen LogP contribution in [0.5, 0.6) is 17.2 Å². The Kier molecular flexibility index (Phi) is 4.62. The van der Waals surface area contributed by atoms with Crippen LogP contribution >= 0.6 is 0 Å². The average molecular weight is 328 g/mol. The third-order valence-corrected chi connectivity index (χ3v) is 4.93. The third-order valence-electron chi connectivity index (χ3n) is 4.93. The van der Waals surface area contributed by atoms with Crippen LogP contribution in [-0.4, -0.2) is 19.3 Å². The van der Waals surface area contributed by atoms with E-state index in [1.165, 1.54) is 0 Å². The SMILES string of the molecule is CCCOc1c2c(c3ccccc3c1OCCC)OC(C)C2(C)C. The molecule has 0 bridgehead atoms. The van der Waals surface area contributed by atoms with Gasteiger partial charge in [0.25, 0.3) is 0 Å². The monoisotopic (exact) mass is 328 g/mol. The number of ether oxygens (including phenoxy) is 3. The van der Waals surface area contributed by atoms with Gasteiger partial charge in [0.1, 0.15) is 11.9 Å². The molecule has 3 rings (SSSR count). The molecule has 130 valence electrons. The van der Waals surface area contributed by atoms with E-state index in [4.69, 9.17) is 14.2 Å². The fourth-order valence-corrected chi connectivity index (χ4v) is 3.28. The van der Waals surface area contributed by atoms with Gasteiger partial charge in [-0.3, -0.25) is 0 Å². The number of benzene rings is 2.